The van der Waals surface area contributed by atoms with Gasteiger partial charge in [0.2, 0.25) is 5.82 Å². The number of anilines is 1. The van der Waals surface area contributed by atoms with Crippen LogP contribution in [0.4, 0.5) is 5.82 Å². The third-order valence-electron chi connectivity index (χ3n) is 3.47. The zero-order valence-electron chi connectivity index (χ0n) is 10.6. The average molecular weight is 254 g/mol. The number of aryl methyl sites for hydroxylation is 1. The first-order valence-corrected chi connectivity index (χ1v) is 6.07. The molecule has 7 heteroatoms. The van der Waals surface area contributed by atoms with Gasteiger partial charge in [-0.3, -0.25) is 9.36 Å². The molecule has 2 unspecified atom stereocenters. The Kier molecular flexibility index (Phi) is 3.51. The van der Waals surface area contributed by atoms with Crippen LogP contribution in [-0.4, -0.2) is 32.1 Å². The standard InChI is InChI=1S/C11H18N4O3/c1-14-10(17)9(13-15(2)11(14)18)12-6-7-4-3-5-8(7)16/h7-8,16H,3-6H2,1-2H3,(H,12,13). The van der Waals surface area contributed by atoms with Gasteiger partial charge in [0, 0.05) is 26.6 Å². The molecule has 1 aromatic heterocycles. The first-order valence-electron chi connectivity index (χ1n) is 6.07. The Morgan fingerprint density at radius 3 is 2.72 bits per heavy atom. The number of hydrogen-bond donors (Lipinski definition) is 2. The summed E-state index contributed by atoms with van der Waals surface area (Å²) in [6, 6.07) is 0. The molecule has 7 nitrogen and oxygen atoms in total. The van der Waals surface area contributed by atoms with E-state index in [9.17, 15) is 14.7 Å². The molecular weight excluding hydrogens is 236 g/mol. The van der Waals surface area contributed by atoms with Crippen LogP contribution in [0.15, 0.2) is 9.59 Å². The summed E-state index contributed by atoms with van der Waals surface area (Å²) < 4.78 is 2.13. The monoisotopic (exact) mass is 254 g/mol. The fourth-order valence-electron chi connectivity index (χ4n) is 2.29. The highest BCUT2D eigenvalue weighted by Crippen LogP contribution is 2.25. The Morgan fingerprint density at radius 1 is 1.39 bits per heavy atom. The minimum Gasteiger partial charge on any atom is -0.393 e. The number of nitrogens with zero attached hydrogens (tertiary/aromatic N) is 3. The van der Waals surface area contributed by atoms with Crippen LogP contribution in [0.5, 0.6) is 0 Å². The van der Waals surface area contributed by atoms with E-state index in [1.807, 2.05) is 0 Å². The molecule has 0 spiro atoms. The molecule has 2 rings (SSSR count). The van der Waals surface area contributed by atoms with Crippen molar-refractivity contribution in [1.82, 2.24) is 14.3 Å². The van der Waals surface area contributed by atoms with E-state index in [2.05, 4.69) is 10.4 Å². The van der Waals surface area contributed by atoms with Gasteiger partial charge < -0.3 is 10.4 Å². The summed E-state index contributed by atoms with van der Waals surface area (Å²) in [5.41, 5.74) is -0.892. The number of nitrogens with one attached hydrogen (secondary N) is 1. The van der Waals surface area contributed by atoms with Crippen LogP contribution >= 0.6 is 0 Å². The summed E-state index contributed by atoms with van der Waals surface area (Å²) in [4.78, 5) is 23.2. The maximum atomic E-state index is 11.8. The van der Waals surface area contributed by atoms with Gasteiger partial charge in [-0.15, -0.1) is 5.10 Å². The number of rotatable bonds is 3. The summed E-state index contributed by atoms with van der Waals surface area (Å²) in [6.45, 7) is 0.502. The van der Waals surface area contributed by atoms with E-state index in [1.54, 1.807) is 0 Å². The van der Waals surface area contributed by atoms with E-state index in [0.717, 1.165) is 28.5 Å². The van der Waals surface area contributed by atoms with Crippen molar-refractivity contribution in [2.75, 3.05) is 11.9 Å². The van der Waals surface area contributed by atoms with Crippen LogP contribution in [0.1, 0.15) is 19.3 Å². The molecule has 18 heavy (non-hydrogen) atoms. The Hall–Kier alpha value is -1.63. The highest BCUT2D eigenvalue weighted by Gasteiger charge is 2.25. The van der Waals surface area contributed by atoms with Crippen molar-refractivity contribution in [2.45, 2.75) is 25.4 Å². The predicted octanol–water partition coefficient (Wildman–Crippen LogP) is -0.948. The summed E-state index contributed by atoms with van der Waals surface area (Å²) in [5, 5.41) is 16.5. The van der Waals surface area contributed by atoms with E-state index >= 15 is 0 Å². The first-order chi connectivity index (χ1) is 8.50. The summed E-state index contributed by atoms with van der Waals surface area (Å²) >= 11 is 0. The van der Waals surface area contributed by atoms with Crippen molar-refractivity contribution in [1.29, 1.82) is 0 Å². The second kappa shape index (κ2) is 4.93. The van der Waals surface area contributed by atoms with Gasteiger partial charge in [-0.25, -0.2) is 9.48 Å². The van der Waals surface area contributed by atoms with Crippen LogP contribution in [0.3, 0.4) is 0 Å². The Bertz CT molecular complexity index is 548. The second-order valence-electron chi connectivity index (χ2n) is 4.76. The van der Waals surface area contributed by atoms with Gasteiger partial charge in [0.05, 0.1) is 6.10 Å². The SMILES string of the molecule is Cn1nc(NCC2CCCC2O)c(=O)n(C)c1=O. The largest absolute Gasteiger partial charge is 0.393 e. The lowest BCUT2D eigenvalue weighted by Crippen LogP contribution is -2.40. The molecule has 1 aliphatic rings. The minimum atomic E-state index is -0.452. The molecule has 2 N–H and O–H groups in total. The van der Waals surface area contributed by atoms with E-state index in [1.165, 1.54) is 14.1 Å². The van der Waals surface area contributed by atoms with Gasteiger partial charge in [-0.1, -0.05) is 6.42 Å². The highest BCUT2D eigenvalue weighted by molar-refractivity contribution is 5.29. The quantitative estimate of drug-likeness (QED) is 0.726. The van der Waals surface area contributed by atoms with E-state index in [0.29, 0.717) is 6.54 Å². The molecule has 0 aliphatic heterocycles. The molecule has 1 heterocycles. The lowest BCUT2D eigenvalue weighted by Gasteiger charge is -2.15. The van der Waals surface area contributed by atoms with Gasteiger partial charge in [0.1, 0.15) is 0 Å². The fourth-order valence-corrected chi connectivity index (χ4v) is 2.29. The molecule has 0 saturated heterocycles. The van der Waals surface area contributed by atoms with Crippen molar-refractivity contribution in [3.63, 3.8) is 0 Å². The molecular formula is C11H18N4O3. The van der Waals surface area contributed by atoms with Gasteiger partial charge >= 0.3 is 5.69 Å². The summed E-state index contributed by atoms with van der Waals surface area (Å²) in [6.07, 6.45) is 2.45. The van der Waals surface area contributed by atoms with Crippen LogP contribution in [0.2, 0.25) is 0 Å². The van der Waals surface area contributed by atoms with Gasteiger partial charge in [-0.2, -0.15) is 0 Å². The molecule has 1 aromatic rings. The van der Waals surface area contributed by atoms with Crippen LogP contribution < -0.4 is 16.6 Å². The number of aliphatic hydroxyl groups excluding tert-OH is 1. The van der Waals surface area contributed by atoms with Crippen LogP contribution in [-0.2, 0) is 14.1 Å². The second-order valence-corrected chi connectivity index (χ2v) is 4.76. The Morgan fingerprint density at radius 2 is 2.11 bits per heavy atom. The average Bonchev–Trinajstić information content (AvgIpc) is 2.75. The molecule has 1 fully saturated rings. The zero-order valence-corrected chi connectivity index (χ0v) is 10.6. The number of aromatic nitrogens is 3. The lowest BCUT2D eigenvalue weighted by molar-refractivity contribution is 0.138. The molecule has 1 saturated carbocycles. The first kappa shape index (κ1) is 12.8. The van der Waals surface area contributed by atoms with Gasteiger partial charge in [0.15, 0.2) is 0 Å². The summed E-state index contributed by atoms with van der Waals surface area (Å²) in [7, 11) is 2.92. The molecule has 0 bridgehead atoms. The Balaban J connectivity index is 2.15. The van der Waals surface area contributed by atoms with E-state index < -0.39 is 11.2 Å². The molecule has 100 valence electrons. The van der Waals surface area contributed by atoms with Gasteiger partial charge in [-0.05, 0) is 12.8 Å². The highest BCUT2D eigenvalue weighted by atomic mass is 16.3. The van der Waals surface area contributed by atoms with Gasteiger partial charge in [0.25, 0.3) is 5.56 Å². The van der Waals surface area contributed by atoms with Crippen molar-refractivity contribution in [3.8, 4) is 0 Å². The smallest absolute Gasteiger partial charge is 0.346 e. The van der Waals surface area contributed by atoms with E-state index in [4.69, 9.17) is 0 Å². The topological polar surface area (TPSA) is 89.2 Å². The number of aliphatic hydroxyl groups is 1. The number of hydrogen-bond acceptors (Lipinski definition) is 5. The normalized spacial score (nSPS) is 23.3. The lowest BCUT2D eigenvalue weighted by atomic mass is 10.1. The minimum absolute atomic E-state index is 0.147. The third-order valence-corrected chi connectivity index (χ3v) is 3.47. The molecule has 0 radical (unpaired) electrons. The fraction of sp³-hybridized carbons (Fsp3) is 0.727. The van der Waals surface area contributed by atoms with Crippen molar-refractivity contribution in [2.24, 2.45) is 20.0 Å². The van der Waals surface area contributed by atoms with E-state index in [-0.39, 0.29) is 17.8 Å². The maximum Gasteiger partial charge on any atom is 0.346 e. The van der Waals surface area contributed by atoms with Crippen molar-refractivity contribution in [3.05, 3.63) is 20.8 Å². The molecule has 0 amide bonds. The van der Waals surface area contributed by atoms with Crippen molar-refractivity contribution >= 4 is 5.82 Å². The van der Waals surface area contributed by atoms with Crippen LogP contribution in [0.25, 0.3) is 0 Å². The van der Waals surface area contributed by atoms with Crippen LogP contribution in [0, 0.1) is 5.92 Å². The molecule has 2 atom stereocenters. The molecule has 1 aliphatic carbocycles. The molecule has 0 aromatic carbocycles. The third kappa shape index (κ3) is 2.31. The maximum absolute atomic E-state index is 11.8. The summed E-state index contributed by atoms with van der Waals surface area (Å²) in [5.74, 6) is 0.299. The Labute approximate surface area is 104 Å². The predicted molar refractivity (Wildman–Crippen MR) is 66.6 cm³/mol. The zero-order chi connectivity index (χ0) is 13.3. The van der Waals surface area contributed by atoms with Crippen molar-refractivity contribution < 1.29 is 5.11 Å².